The van der Waals surface area contributed by atoms with Gasteiger partial charge in [0.05, 0.1) is 16.6 Å². The zero-order valence-corrected chi connectivity index (χ0v) is 12.5. The molecule has 1 amide bonds. The van der Waals surface area contributed by atoms with Crippen molar-refractivity contribution in [3.05, 3.63) is 34.9 Å². The number of hydrogen-bond acceptors (Lipinski definition) is 3. The van der Waals surface area contributed by atoms with Gasteiger partial charge in [-0.3, -0.25) is 4.79 Å². The quantitative estimate of drug-likeness (QED) is 0.346. The topological polar surface area (TPSA) is 87.7 Å². The molecule has 1 aromatic rings. The Bertz CT molecular complexity index is 527. The van der Waals surface area contributed by atoms with Crippen molar-refractivity contribution in [3.8, 4) is 0 Å². The molecule has 0 heterocycles. The van der Waals surface area contributed by atoms with Crippen molar-refractivity contribution in [3.63, 3.8) is 0 Å². The van der Waals surface area contributed by atoms with Crippen molar-refractivity contribution < 1.29 is 10.0 Å². The van der Waals surface area contributed by atoms with Gasteiger partial charge in [-0.1, -0.05) is 48.2 Å². The summed E-state index contributed by atoms with van der Waals surface area (Å²) in [4.78, 5) is 12.4. The highest BCUT2D eigenvalue weighted by Gasteiger charge is 2.29. The number of hydrogen-bond donors (Lipinski definition) is 3. The molecule has 0 saturated heterocycles. The Morgan fingerprint density at radius 1 is 1.33 bits per heavy atom. The molecule has 1 fully saturated rings. The van der Waals surface area contributed by atoms with Crippen molar-refractivity contribution in [2.45, 2.75) is 38.1 Å². The van der Waals surface area contributed by atoms with E-state index in [-0.39, 0.29) is 17.7 Å². The average Bonchev–Trinajstić information content (AvgIpc) is 2.53. The fraction of sp³-hybridized carbons (Fsp3) is 0.467. The molecule has 1 aliphatic carbocycles. The van der Waals surface area contributed by atoms with Crippen LogP contribution < -0.4 is 11.1 Å². The fourth-order valence-electron chi connectivity index (χ4n) is 2.83. The molecule has 5 nitrogen and oxygen atoms in total. The first-order valence-electron chi connectivity index (χ1n) is 7.16. The molecule has 1 saturated carbocycles. The van der Waals surface area contributed by atoms with E-state index in [4.69, 9.17) is 22.5 Å². The van der Waals surface area contributed by atoms with Crippen molar-refractivity contribution in [2.75, 3.05) is 0 Å². The predicted molar refractivity (Wildman–Crippen MR) is 82.7 cm³/mol. The van der Waals surface area contributed by atoms with Crippen LogP contribution in [0, 0.1) is 5.92 Å². The molecule has 114 valence electrons. The second-order valence-electron chi connectivity index (χ2n) is 5.35. The number of benzene rings is 1. The summed E-state index contributed by atoms with van der Waals surface area (Å²) in [5.74, 6) is -0.0637. The first-order chi connectivity index (χ1) is 10.1. The summed E-state index contributed by atoms with van der Waals surface area (Å²) >= 11 is 6.03. The second-order valence-corrected chi connectivity index (χ2v) is 5.76. The molecule has 1 atom stereocenters. The highest BCUT2D eigenvalue weighted by Crippen LogP contribution is 2.27. The van der Waals surface area contributed by atoms with Gasteiger partial charge in [0.1, 0.15) is 0 Å². The largest absolute Gasteiger partial charge is 0.409 e. The maximum absolute atomic E-state index is 12.4. The van der Waals surface area contributed by atoms with E-state index in [2.05, 4.69) is 10.5 Å². The van der Waals surface area contributed by atoms with E-state index in [0.717, 1.165) is 25.7 Å². The van der Waals surface area contributed by atoms with Crippen molar-refractivity contribution in [2.24, 2.45) is 16.8 Å². The SMILES string of the molecule is NC(=NO)C(NC(=O)c1ccccc1Cl)C1CCCCC1. The number of nitrogens with two attached hydrogens (primary N) is 1. The Balaban J connectivity index is 2.15. The second kappa shape index (κ2) is 7.31. The van der Waals surface area contributed by atoms with Crippen LogP contribution in [-0.2, 0) is 0 Å². The number of carbonyl (C=O) groups is 1. The number of carbonyl (C=O) groups excluding carboxylic acids is 1. The van der Waals surface area contributed by atoms with Gasteiger partial charge in [0.15, 0.2) is 5.84 Å². The van der Waals surface area contributed by atoms with Crippen LogP contribution in [0.1, 0.15) is 42.5 Å². The van der Waals surface area contributed by atoms with Gasteiger partial charge in [-0.15, -0.1) is 0 Å². The molecule has 1 unspecified atom stereocenters. The van der Waals surface area contributed by atoms with Crippen LogP contribution in [0.15, 0.2) is 29.4 Å². The zero-order valence-electron chi connectivity index (χ0n) is 11.8. The highest BCUT2D eigenvalue weighted by atomic mass is 35.5. The lowest BCUT2D eigenvalue weighted by atomic mass is 9.83. The van der Waals surface area contributed by atoms with Gasteiger partial charge in [0, 0.05) is 0 Å². The summed E-state index contributed by atoms with van der Waals surface area (Å²) in [5, 5.41) is 15.3. The summed E-state index contributed by atoms with van der Waals surface area (Å²) in [6, 6.07) is 6.37. The summed E-state index contributed by atoms with van der Waals surface area (Å²) in [6.45, 7) is 0. The normalized spacial score (nSPS) is 18.2. The van der Waals surface area contributed by atoms with E-state index < -0.39 is 6.04 Å². The Kier molecular flexibility index (Phi) is 5.44. The van der Waals surface area contributed by atoms with Crippen LogP contribution >= 0.6 is 11.6 Å². The number of oxime groups is 1. The van der Waals surface area contributed by atoms with E-state index in [1.54, 1.807) is 24.3 Å². The van der Waals surface area contributed by atoms with E-state index in [9.17, 15) is 4.79 Å². The van der Waals surface area contributed by atoms with Crippen molar-refractivity contribution in [1.82, 2.24) is 5.32 Å². The fourth-order valence-corrected chi connectivity index (χ4v) is 3.05. The van der Waals surface area contributed by atoms with Gasteiger partial charge < -0.3 is 16.3 Å². The molecule has 0 bridgehead atoms. The number of nitrogens with one attached hydrogen (secondary N) is 1. The van der Waals surface area contributed by atoms with Gasteiger partial charge in [0.25, 0.3) is 5.91 Å². The number of amidine groups is 1. The molecular weight excluding hydrogens is 290 g/mol. The first-order valence-corrected chi connectivity index (χ1v) is 7.54. The predicted octanol–water partition coefficient (Wildman–Crippen LogP) is 2.77. The summed E-state index contributed by atoms with van der Waals surface area (Å²) < 4.78 is 0. The Morgan fingerprint density at radius 3 is 2.62 bits per heavy atom. The van der Waals surface area contributed by atoms with Crippen LogP contribution in [0.4, 0.5) is 0 Å². The Labute approximate surface area is 129 Å². The molecule has 1 aromatic carbocycles. The van der Waals surface area contributed by atoms with Gasteiger partial charge in [-0.2, -0.15) is 0 Å². The smallest absolute Gasteiger partial charge is 0.253 e. The van der Waals surface area contributed by atoms with E-state index in [1.165, 1.54) is 6.42 Å². The molecule has 0 aliphatic heterocycles. The monoisotopic (exact) mass is 309 g/mol. The number of halogens is 1. The maximum Gasteiger partial charge on any atom is 0.253 e. The molecule has 1 aliphatic rings. The van der Waals surface area contributed by atoms with Crippen molar-refractivity contribution >= 4 is 23.3 Å². The van der Waals surface area contributed by atoms with Gasteiger partial charge in [-0.25, -0.2) is 0 Å². The first kappa shape index (κ1) is 15.6. The maximum atomic E-state index is 12.4. The lowest BCUT2D eigenvalue weighted by molar-refractivity contribution is 0.0930. The zero-order chi connectivity index (χ0) is 15.2. The third-order valence-electron chi connectivity index (χ3n) is 3.96. The molecule has 21 heavy (non-hydrogen) atoms. The molecule has 4 N–H and O–H groups in total. The van der Waals surface area contributed by atoms with Gasteiger partial charge in [0.2, 0.25) is 0 Å². The Morgan fingerprint density at radius 2 is 2.00 bits per heavy atom. The van der Waals surface area contributed by atoms with E-state index in [1.807, 2.05) is 0 Å². The average molecular weight is 310 g/mol. The van der Waals surface area contributed by atoms with Crippen LogP contribution in [0.5, 0.6) is 0 Å². The number of nitrogens with zero attached hydrogens (tertiary/aromatic N) is 1. The molecule has 0 aromatic heterocycles. The summed E-state index contributed by atoms with van der Waals surface area (Å²) in [5.41, 5.74) is 6.16. The van der Waals surface area contributed by atoms with Gasteiger partial charge in [-0.05, 0) is 30.9 Å². The lowest BCUT2D eigenvalue weighted by Crippen LogP contribution is -2.49. The minimum absolute atomic E-state index is 0.0438. The third-order valence-corrected chi connectivity index (χ3v) is 4.29. The minimum atomic E-state index is -0.459. The number of amides is 1. The van der Waals surface area contributed by atoms with Crippen LogP contribution in [0.3, 0.4) is 0 Å². The molecule has 6 heteroatoms. The molecule has 0 spiro atoms. The standard InChI is InChI=1S/C15H20ClN3O2/c16-12-9-5-4-8-11(12)15(20)18-13(14(17)19-21)10-6-2-1-3-7-10/h4-5,8-10,13,21H,1-3,6-7H2,(H2,17,19)(H,18,20). The Hall–Kier alpha value is -1.75. The highest BCUT2D eigenvalue weighted by molar-refractivity contribution is 6.33. The van der Waals surface area contributed by atoms with Crippen LogP contribution in [0.2, 0.25) is 5.02 Å². The summed E-state index contributed by atoms with van der Waals surface area (Å²) in [7, 11) is 0. The summed E-state index contributed by atoms with van der Waals surface area (Å²) in [6.07, 6.45) is 5.31. The third kappa shape index (κ3) is 3.88. The van der Waals surface area contributed by atoms with E-state index >= 15 is 0 Å². The molecule has 0 radical (unpaired) electrons. The van der Waals surface area contributed by atoms with E-state index in [0.29, 0.717) is 10.6 Å². The minimum Gasteiger partial charge on any atom is -0.409 e. The van der Waals surface area contributed by atoms with Crippen LogP contribution in [-0.4, -0.2) is 23.0 Å². The number of rotatable bonds is 4. The molecular formula is C15H20ClN3O2. The lowest BCUT2D eigenvalue weighted by Gasteiger charge is -2.30. The van der Waals surface area contributed by atoms with Crippen molar-refractivity contribution in [1.29, 1.82) is 0 Å². The van der Waals surface area contributed by atoms with Gasteiger partial charge >= 0.3 is 0 Å². The van der Waals surface area contributed by atoms with Crippen LogP contribution in [0.25, 0.3) is 0 Å². The molecule has 2 rings (SSSR count).